The van der Waals surface area contributed by atoms with Crippen LogP contribution in [0.3, 0.4) is 0 Å². The third-order valence-electron chi connectivity index (χ3n) is 3.23. The van der Waals surface area contributed by atoms with Crippen LogP contribution in [-0.2, 0) is 17.2 Å². The highest BCUT2D eigenvalue weighted by atomic mass is 35.5. The number of nitrogens with zero attached hydrogens (tertiary/aromatic N) is 3. The molecule has 0 bridgehead atoms. The van der Waals surface area contributed by atoms with Gasteiger partial charge in [-0.15, -0.1) is 5.10 Å². The standard InChI is InChI=1S/C12H10ClF2N3OS/c13-8-4-2-1-3-7(8)9-5-6-10-16-12(17-18(9)10)20(19)11(14)15/h1-4,9,11H,5-6H2/t9-,20?/m0/s1. The summed E-state index contributed by atoms with van der Waals surface area (Å²) in [5, 5.41) is 4.26. The molecule has 2 aromatic rings. The van der Waals surface area contributed by atoms with E-state index in [1.54, 1.807) is 10.7 Å². The van der Waals surface area contributed by atoms with Crippen molar-refractivity contribution in [3.63, 3.8) is 0 Å². The summed E-state index contributed by atoms with van der Waals surface area (Å²) in [6.07, 6.45) is 1.35. The molecule has 20 heavy (non-hydrogen) atoms. The first kappa shape index (κ1) is 13.6. The molecular formula is C12H10ClF2N3OS. The predicted molar refractivity (Wildman–Crippen MR) is 70.3 cm³/mol. The summed E-state index contributed by atoms with van der Waals surface area (Å²) in [4.78, 5) is 3.95. The van der Waals surface area contributed by atoms with E-state index in [1.807, 2.05) is 18.2 Å². The average molecular weight is 318 g/mol. The van der Waals surface area contributed by atoms with Gasteiger partial charge >= 0.3 is 5.76 Å². The van der Waals surface area contributed by atoms with Gasteiger partial charge in [0.25, 0.3) is 0 Å². The van der Waals surface area contributed by atoms with E-state index in [-0.39, 0.29) is 11.2 Å². The Morgan fingerprint density at radius 3 is 2.85 bits per heavy atom. The average Bonchev–Trinajstić information content (AvgIpc) is 2.98. The first-order valence-electron chi connectivity index (χ1n) is 5.96. The molecule has 2 heterocycles. The molecule has 0 saturated carbocycles. The van der Waals surface area contributed by atoms with Gasteiger partial charge in [-0.2, -0.15) is 8.78 Å². The van der Waals surface area contributed by atoms with Gasteiger partial charge in [0.05, 0.1) is 6.04 Å². The fourth-order valence-corrected chi connectivity index (χ4v) is 3.12. The van der Waals surface area contributed by atoms with Crippen molar-refractivity contribution in [2.75, 3.05) is 0 Å². The second kappa shape index (κ2) is 5.21. The van der Waals surface area contributed by atoms with Crippen LogP contribution in [0, 0.1) is 0 Å². The van der Waals surface area contributed by atoms with Gasteiger partial charge in [0.2, 0.25) is 5.16 Å². The molecule has 1 aromatic carbocycles. The van der Waals surface area contributed by atoms with Gasteiger partial charge in [-0.25, -0.2) is 13.9 Å². The number of aryl methyl sites for hydroxylation is 1. The van der Waals surface area contributed by atoms with E-state index in [2.05, 4.69) is 10.1 Å². The molecule has 8 heteroatoms. The van der Waals surface area contributed by atoms with Gasteiger partial charge in [-0.3, -0.25) is 0 Å². The SMILES string of the molecule is O=S(c1nc2n(n1)[C@H](c1ccccc1Cl)CC2)C(F)F. The lowest BCUT2D eigenvalue weighted by Gasteiger charge is -2.13. The Labute approximate surface area is 121 Å². The van der Waals surface area contributed by atoms with Crippen molar-refractivity contribution in [1.29, 1.82) is 0 Å². The first-order chi connectivity index (χ1) is 9.58. The van der Waals surface area contributed by atoms with Gasteiger partial charge in [-0.05, 0) is 18.1 Å². The smallest absolute Gasteiger partial charge is 0.245 e. The van der Waals surface area contributed by atoms with Gasteiger partial charge in [-0.1, -0.05) is 29.8 Å². The predicted octanol–water partition coefficient (Wildman–Crippen LogP) is 2.80. The number of aromatic nitrogens is 3. The van der Waals surface area contributed by atoms with Gasteiger partial charge < -0.3 is 0 Å². The molecule has 1 unspecified atom stereocenters. The molecule has 1 aliphatic heterocycles. The molecule has 106 valence electrons. The van der Waals surface area contributed by atoms with Crippen LogP contribution < -0.4 is 0 Å². The zero-order valence-corrected chi connectivity index (χ0v) is 11.7. The molecular weight excluding hydrogens is 308 g/mol. The van der Waals surface area contributed by atoms with E-state index < -0.39 is 16.6 Å². The second-order valence-corrected chi connectivity index (χ2v) is 6.11. The second-order valence-electron chi connectivity index (χ2n) is 4.39. The van der Waals surface area contributed by atoms with E-state index in [0.29, 0.717) is 17.3 Å². The number of benzene rings is 1. The van der Waals surface area contributed by atoms with Crippen molar-refractivity contribution in [2.24, 2.45) is 0 Å². The van der Waals surface area contributed by atoms with E-state index in [1.165, 1.54) is 0 Å². The number of rotatable bonds is 3. The largest absolute Gasteiger partial charge is 0.319 e. The third kappa shape index (κ3) is 2.25. The van der Waals surface area contributed by atoms with Crippen molar-refractivity contribution in [3.8, 4) is 0 Å². The zero-order chi connectivity index (χ0) is 14.3. The fourth-order valence-electron chi connectivity index (χ4n) is 2.34. The minimum atomic E-state index is -2.98. The maximum atomic E-state index is 12.5. The van der Waals surface area contributed by atoms with Crippen molar-refractivity contribution in [3.05, 3.63) is 40.7 Å². The Hall–Kier alpha value is -1.34. The Bertz CT molecular complexity index is 676. The van der Waals surface area contributed by atoms with Crippen molar-refractivity contribution >= 4 is 22.4 Å². The molecule has 2 atom stereocenters. The summed E-state index contributed by atoms with van der Waals surface area (Å²) in [6.45, 7) is 0. The van der Waals surface area contributed by atoms with Crippen LogP contribution in [0.5, 0.6) is 0 Å². The van der Waals surface area contributed by atoms with Crippen LogP contribution in [0.15, 0.2) is 29.4 Å². The molecule has 0 spiro atoms. The Kier molecular flexibility index (Phi) is 3.55. The minimum absolute atomic E-state index is 0.144. The lowest BCUT2D eigenvalue weighted by molar-refractivity contribution is 0.243. The maximum absolute atomic E-state index is 12.5. The molecule has 0 saturated heterocycles. The lowest BCUT2D eigenvalue weighted by Crippen LogP contribution is -2.10. The quantitative estimate of drug-likeness (QED) is 0.874. The molecule has 4 nitrogen and oxygen atoms in total. The summed E-state index contributed by atoms with van der Waals surface area (Å²) in [5.74, 6) is -2.41. The molecule has 0 fully saturated rings. The van der Waals surface area contributed by atoms with Gasteiger partial charge in [0.1, 0.15) is 5.82 Å². The van der Waals surface area contributed by atoms with Crippen LogP contribution in [0.4, 0.5) is 8.78 Å². The van der Waals surface area contributed by atoms with Crippen LogP contribution in [0.25, 0.3) is 0 Å². The van der Waals surface area contributed by atoms with E-state index in [9.17, 15) is 13.0 Å². The summed E-state index contributed by atoms with van der Waals surface area (Å²) in [5.41, 5.74) is 0.868. The molecule has 0 amide bonds. The maximum Gasteiger partial charge on any atom is 0.319 e. The highest BCUT2D eigenvalue weighted by Crippen LogP contribution is 2.34. The number of hydrogen-bond donors (Lipinski definition) is 0. The Morgan fingerprint density at radius 1 is 1.40 bits per heavy atom. The number of halogens is 3. The molecule has 3 rings (SSSR count). The zero-order valence-electron chi connectivity index (χ0n) is 10.2. The lowest BCUT2D eigenvalue weighted by atomic mass is 10.1. The van der Waals surface area contributed by atoms with E-state index in [4.69, 9.17) is 11.6 Å². The molecule has 0 aliphatic carbocycles. The molecule has 1 aromatic heterocycles. The van der Waals surface area contributed by atoms with Crippen LogP contribution in [0.2, 0.25) is 5.02 Å². The van der Waals surface area contributed by atoms with Crippen LogP contribution >= 0.6 is 11.6 Å². The first-order valence-corrected chi connectivity index (χ1v) is 7.55. The highest BCUT2D eigenvalue weighted by Gasteiger charge is 2.31. The number of alkyl halides is 2. The van der Waals surface area contributed by atoms with Gasteiger partial charge in [0, 0.05) is 11.4 Å². The Morgan fingerprint density at radius 2 is 2.15 bits per heavy atom. The topological polar surface area (TPSA) is 47.8 Å². The van der Waals surface area contributed by atoms with Crippen LogP contribution in [0.1, 0.15) is 23.9 Å². The fraction of sp³-hybridized carbons (Fsp3) is 0.333. The summed E-state index contributed by atoms with van der Waals surface area (Å²) < 4.78 is 37.8. The van der Waals surface area contributed by atoms with Gasteiger partial charge in [0.15, 0.2) is 10.8 Å². The molecule has 1 aliphatic rings. The normalized spacial score (nSPS) is 19.3. The molecule has 0 radical (unpaired) electrons. The van der Waals surface area contributed by atoms with E-state index in [0.717, 1.165) is 12.0 Å². The van der Waals surface area contributed by atoms with Crippen molar-refractivity contribution in [2.45, 2.75) is 29.8 Å². The summed E-state index contributed by atoms with van der Waals surface area (Å²) in [7, 11) is -2.48. The number of fused-ring (bicyclic) bond motifs is 1. The summed E-state index contributed by atoms with van der Waals surface area (Å²) in [6, 6.07) is 7.17. The highest BCUT2D eigenvalue weighted by molar-refractivity contribution is 7.85. The monoisotopic (exact) mass is 317 g/mol. The number of hydrogen-bond acceptors (Lipinski definition) is 3. The van der Waals surface area contributed by atoms with Crippen molar-refractivity contribution in [1.82, 2.24) is 14.8 Å². The minimum Gasteiger partial charge on any atom is -0.245 e. The van der Waals surface area contributed by atoms with Crippen molar-refractivity contribution < 1.29 is 13.0 Å². The van der Waals surface area contributed by atoms with E-state index >= 15 is 0 Å². The third-order valence-corrected chi connectivity index (χ3v) is 4.43. The summed E-state index contributed by atoms with van der Waals surface area (Å²) >= 11 is 6.15. The Balaban J connectivity index is 1.98. The molecule has 0 N–H and O–H groups in total. The van der Waals surface area contributed by atoms with Crippen LogP contribution in [-0.4, -0.2) is 24.7 Å².